The molecule has 1 aromatic carbocycles. The molecule has 2 heterocycles. The fraction of sp³-hybridized carbons (Fsp3) is 0.200. The SMILES string of the molecule is COC(=O)N(C)c1ccc(NC(=O)Cc2csc(NC(=O)Cc3cccs3)n2)cc1. The topological polar surface area (TPSA) is 101 Å². The van der Waals surface area contributed by atoms with E-state index in [9.17, 15) is 14.4 Å². The first-order valence-electron chi connectivity index (χ1n) is 8.93. The molecule has 0 saturated heterocycles. The maximum absolute atomic E-state index is 12.3. The van der Waals surface area contributed by atoms with Crippen LogP contribution < -0.4 is 15.5 Å². The Morgan fingerprint density at radius 3 is 2.43 bits per heavy atom. The van der Waals surface area contributed by atoms with Gasteiger partial charge in [0, 0.05) is 28.7 Å². The zero-order valence-electron chi connectivity index (χ0n) is 16.4. The number of amides is 3. The molecule has 3 amide bonds. The Labute approximate surface area is 181 Å². The number of anilines is 3. The minimum absolute atomic E-state index is 0.0844. The van der Waals surface area contributed by atoms with Crippen molar-refractivity contribution in [2.75, 3.05) is 29.7 Å². The van der Waals surface area contributed by atoms with Crippen molar-refractivity contribution in [3.05, 3.63) is 57.7 Å². The van der Waals surface area contributed by atoms with Crippen molar-refractivity contribution in [3.8, 4) is 0 Å². The predicted molar refractivity (Wildman–Crippen MR) is 118 cm³/mol. The van der Waals surface area contributed by atoms with Gasteiger partial charge in [0.15, 0.2) is 5.13 Å². The van der Waals surface area contributed by atoms with E-state index in [4.69, 9.17) is 0 Å². The van der Waals surface area contributed by atoms with Crippen LogP contribution in [0.3, 0.4) is 0 Å². The molecule has 0 atom stereocenters. The number of aromatic nitrogens is 1. The van der Waals surface area contributed by atoms with Gasteiger partial charge in [0.25, 0.3) is 0 Å². The van der Waals surface area contributed by atoms with Crippen molar-refractivity contribution < 1.29 is 19.1 Å². The molecule has 2 N–H and O–H groups in total. The summed E-state index contributed by atoms with van der Waals surface area (Å²) in [6.45, 7) is 0. The molecule has 0 aliphatic rings. The molecule has 0 fully saturated rings. The zero-order chi connectivity index (χ0) is 21.5. The summed E-state index contributed by atoms with van der Waals surface area (Å²) in [7, 11) is 2.91. The lowest BCUT2D eigenvalue weighted by Crippen LogP contribution is -2.25. The second-order valence-corrected chi connectivity index (χ2v) is 8.14. The molecule has 30 heavy (non-hydrogen) atoms. The molecule has 0 unspecified atom stereocenters. The Hall–Kier alpha value is -3.24. The van der Waals surface area contributed by atoms with E-state index >= 15 is 0 Å². The average molecular weight is 445 g/mol. The number of carbonyl (C=O) groups is 3. The maximum Gasteiger partial charge on any atom is 0.413 e. The second-order valence-electron chi connectivity index (χ2n) is 6.25. The maximum atomic E-state index is 12.3. The van der Waals surface area contributed by atoms with E-state index in [0.29, 0.717) is 28.6 Å². The number of thiazole rings is 1. The number of thiophene rings is 1. The van der Waals surface area contributed by atoms with E-state index < -0.39 is 6.09 Å². The molecule has 2 aromatic heterocycles. The molecular formula is C20H20N4O4S2. The number of rotatable bonds is 7. The summed E-state index contributed by atoms with van der Waals surface area (Å²) in [5.41, 5.74) is 1.81. The number of nitrogens with one attached hydrogen (secondary N) is 2. The lowest BCUT2D eigenvalue weighted by atomic mass is 10.2. The van der Waals surface area contributed by atoms with Crippen LogP contribution in [-0.2, 0) is 27.2 Å². The molecule has 0 bridgehead atoms. The van der Waals surface area contributed by atoms with Crippen molar-refractivity contribution >= 4 is 57.1 Å². The number of methoxy groups -OCH3 is 1. The summed E-state index contributed by atoms with van der Waals surface area (Å²) in [5.74, 6) is -0.370. The van der Waals surface area contributed by atoms with Crippen molar-refractivity contribution in [1.29, 1.82) is 0 Å². The van der Waals surface area contributed by atoms with Gasteiger partial charge in [0.2, 0.25) is 11.8 Å². The van der Waals surface area contributed by atoms with E-state index in [1.165, 1.54) is 34.7 Å². The third-order valence-corrected chi connectivity index (χ3v) is 5.72. The summed E-state index contributed by atoms with van der Waals surface area (Å²) < 4.78 is 4.67. The number of hydrogen-bond donors (Lipinski definition) is 2. The minimum Gasteiger partial charge on any atom is -0.452 e. The first-order chi connectivity index (χ1) is 14.4. The van der Waals surface area contributed by atoms with Gasteiger partial charge < -0.3 is 15.4 Å². The van der Waals surface area contributed by atoms with Gasteiger partial charge in [-0.15, -0.1) is 22.7 Å². The summed E-state index contributed by atoms with van der Waals surface area (Å²) >= 11 is 2.80. The van der Waals surface area contributed by atoms with Gasteiger partial charge in [0.1, 0.15) is 0 Å². The standard InChI is InChI=1S/C20H20N4O4S2/c1-24(20(27)28-2)15-7-5-13(6-8-15)21-17(25)10-14-12-30-19(22-14)23-18(26)11-16-4-3-9-29-16/h3-9,12H,10-11H2,1-2H3,(H,21,25)(H,22,23,26). The van der Waals surface area contributed by atoms with E-state index in [2.05, 4.69) is 20.4 Å². The van der Waals surface area contributed by atoms with Gasteiger partial charge in [-0.2, -0.15) is 0 Å². The fourth-order valence-corrected chi connectivity index (χ4v) is 3.99. The van der Waals surface area contributed by atoms with Crippen LogP contribution in [0.4, 0.5) is 21.3 Å². The molecule has 0 radical (unpaired) electrons. The normalized spacial score (nSPS) is 10.3. The number of nitrogens with zero attached hydrogens (tertiary/aromatic N) is 2. The van der Waals surface area contributed by atoms with Crippen LogP contribution in [0, 0.1) is 0 Å². The summed E-state index contributed by atoms with van der Waals surface area (Å²) in [6.07, 6.45) is -0.0939. The van der Waals surface area contributed by atoms with Gasteiger partial charge in [-0.25, -0.2) is 9.78 Å². The smallest absolute Gasteiger partial charge is 0.413 e. The van der Waals surface area contributed by atoms with Crippen LogP contribution in [-0.4, -0.2) is 37.0 Å². The van der Waals surface area contributed by atoms with Crippen LogP contribution >= 0.6 is 22.7 Å². The first kappa shape index (κ1) is 21.5. The Morgan fingerprint density at radius 1 is 1.03 bits per heavy atom. The summed E-state index contributed by atoms with van der Waals surface area (Å²) in [6, 6.07) is 10.6. The van der Waals surface area contributed by atoms with E-state index in [-0.39, 0.29) is 18.2 Å². The average Bonchev–Trinajstić information content (AvgIpc) is 3.39. The monoisotopic (exact) mass is 444 g/mol. The van der Waals surface area contributed by atoms with E-state index in [1.807, 2.05) is 17.5 Å². The number of ether oxygens (including phenoxy) is 1. The van der Waals surface area contributed by atoms with Gasteiger partial charge in [-0.3, -0.25) is 14.5 Å². The summed E-state index contributed by atoms with van der Waals surface area (Å²) in [5, 5.41) is 9.68. The third-order valence-electron chi connectivity index (χ3n) is 4.04. The van der Waals surface area contributed by atoms with Gasteiger partial charge in [0.05, 0.1) is 25.6 Å². The largest absolute Gasteiger partial charge is 0.452 e. The van der Waals surface area contributed by atoms with Gasteiger partial charge >= 0.3 is 6.09 Å². The molecule has 156 valence electrons. The number of hydrogen-bond acceptors (Lipinski definition) is 7. The second kappa shape index (κ2) is 9.99. The quantitative estimate of drug-likeness (QED) is 0.578. The van der Waals surface area contributed by atoms with Crippen molar-refractivity contribution in [2.24, 2.45) is 0 Å². The third kappa shape index (κ3) is 5.88. The zero-order valence-corrected chi connectivity index (χ0v) is 18.0. The minimum atomic E-state index is -0.478. The number of benzene rings is 1. The molecule has 3 aromatic rings. The molecule has 0 saturated carbocycles. The molecule has 10 heteroatoms. The van der Waals surface area contributed by atoms with Crippen LogP contribution in [0.1, 0.15) is 10.6 Å². The Bertz CT molecular complexity index is 1020. The molecule has 3 rings (SSSR count). The highest BCUT2D eigenvalue weighted by molar-refractivity contribution is 7.14. The molecule has 8 nitrogen and oxygen atoms in total. The Morgan fingerprint density at radius 2 is 1.77 bits per heavy atom. The lowest BCUT2D eigenvalue weighted by Gasteiger charge is -2.15. The van der Waals surface area contributed by atoms with E-state index in [1.54, 1.807) is 36.7 Å². The highest BCUT2D eigenvalue weighted by atomic mass is 32.1. The van der Waals surface area contributed by atoms with Crippen LogP contribution in [0.25, 0.3) is 0 Å². The van der Waals surface area contributed by atoms with Crippen LogP contribution in [0.5, 0.6) is 0 Å². The number of carbonyl (C=O) groups excluding carboxylic acids is 3. The predicted octanol–water partition coefficient (Wildman–Crippen LogP) is 3.77. The summed E-state index contributed by atoms with van der Waals surface area (Å²) in [4.78, 5) is 42.5. The van der Waals surface area contributed by atoms with E-state index in [0.717, 1.165) is 4.88 Å². The van der Waals surface area contributed by atoms with Gasteiger partial charge in [-0.1, -0.05) is 6.07 Å². The molecule has 0 spiro atoms. The fourth-order valence-electron chi connectivity index (χ4n) is 2.56. The lowest BCUT2D eigenvalue weighted by molar-refractivity contribution is -0.116. The van der Waals surface area contributed by atoms with Crippen molar-refractivity contribution in [3.63, 3.8) is 0 Å². The molecular weight excluding hydrogens is 424 g/mol. The highest BCUT2D eigenvalue weighted by Crippen LogP contribution is 2.19. The Balaban J connectivity index is 1.50. The van der Waals surface area contributed by atoms with Gasteiger partial charge in [-0.05, 0) is 35.7 Å². The molecule has 0 aliphatic carbocycles. The van der Waals surface area contributed by atoms with Crippen LogP contribution in [0.2, 0.25) is 0 Å². The van der Waals surface area contributed by atoms with Crippen molar-refractivity contribution in [1.82, 2.24) is 4.98 Å². The Kier molecular flexibility index (Phi) is 7.15. The molecule has 0 aliphatic heterocycles. The van der Waals surface area contributed by atoms with Crippen molar-refractivity contribution in [2.45, 2.75) is 12.8 Å². The first-order valence-corrected chi connectivity index (χ1v) is 10.7. The highest BCUT2D eigenvalue weighted by Gasteiger charge is 2.13. The van der Waals surface area contributed by atoms with Crippen LogP contribution in [0.15, 0.2) is 47.2 Å².